The third-order valence-corrected chi connectivity index (χ3v) is 6.71. The molecule has 1 aliphatic heterocycles. The number of alkyl halides is 3. The van der Waals surface area contributed by atoms with Gasteiger partial charge in [-0.1, -0.05) is 37.3 Å². The highest BCUT2D eigenvalue weighted by molar-refractivity contribution is 5.73. The van der Waals surface area contributed by atoms with Crippen LogP contribution in [-0.4, -0.2) is 39.7 Å². The van der Waals surface area contributed by atoms with Crippen molar-refractivity contribution >= 4 is 5.97 Å². The van der Waals surface area contributed by atoms with E-state index in [9.17, 15) is 23.1 Å². The van der Waals surface area contributed by atoms with E-state index in [2.05, 4.69) is 11.6 Å². The molecule has 2 aromatic rings. The van der Waals surface area contributed by atoms with Crippen molar-refractivity contribution in [2.75, 3.05) is 6.54 Å². The molecule has 2 unspecified atom stereocenters. The number of oxazole rings is 1. The number of aliphatic carboxylic acids is 1. The molecule has 0 aliphatic carbocycles. The van der Waals surface area contributed by atoms with Crippen LogP contribution in [0.4, 0.5) is 13.2 Å². The van der Waals surface area contributed by atoms with Crippen LogP contribution in [0.3, 0.4) is 0 Å². The van der Waals surface area contributed by atoms with Gasteiger partial charge in [-0.2, -0.15) is 13.2 Å². The summed E-state index contributed by atoms with van der Waals surface area (Å²) in [6.45, 7) is 7.75. The van der Waals surface area contributed by atoms with Gasteiger partial charge in [-0.25, -0.2) is 4.98 Å². The zero-order chi connectivity index (χ0) is 26.3. The molecule has 1 saturated heterocycles. The van der Waals surface area contributed by atoms with Gasteiger partial charge in [-0.05, 0) is 56.8 Å². The maximum Gasteiger partial charge on any atom is 0.397 e. The molecule has 196 valence electrons. The number of allylic oxidation sites excluding steroid dienone is 3. The molecule has 0 bridgehead atoms. The summed E-state index contributed by atoms with van der Waals surface area (Å²) in [5.74, 6) is -0.373. The van der Waals surface area contributed by atoms with Gasteiger partial charge in [0.2, 0.25) is 5.89 Å². The van der Waals surface area contributed by atoms with E-state index in [-0.39, 0.29) is 13.0 Å². The highest BCUT2D eigenvalue weighted by Crippen LogP contribution is 2.42. The third-order valence-electron chi connectivity index (χ3n) is 6.71. The van der Waals surface area contributed by atoms with Crippen LogP contribution in [0.25, 0.3) is 0 Å². The number of carboxylic acid groups (broad SMARTS) is 1. The number of ether oxygens (including phenoxy) is 1. The number of carboxylic acids is 1. The van der Waals surface area contributed by atoms with Crippen LogP contribution in [-0.2, 0) is 17.9 Å². The minimum Gasteiger partial charge on any atom is -0.487 e. The van der Waals surface area contributed by atoms with Crippen molar-refractivity contribution in [1.82, 2.24) is 9.88 Å². The molecule has 1 fully saturated rings. The summed E-state index contributed by atoms with van der Waals surface area (Å²) in [7, 11) is 0. The molecule has 1 aromatic carbocycles. The molecule has 0 amide bonds. The van der Waals surface area contributed by atoms with E-state index in [1.165, 1.54) is 32.3 Å². The molecule has 0 spiro atoms. The number of nitrogens with zero attached hydrogens (tertiary/aromatic N) is 2. The van der Waals surface area contributed by atoms with Crippen molar-refractivity contribution in [2.24, 2.45) is 5.41 Å². The Morgan fingerprint density at radius 2 is 2.19 bits per heavy atom. The topological polar surface area (TPSA) is 75.8 Å². The minimum atomic E-state index is -4.36. The van der Waals surface area contributed by atoms with Crippen LogP contribution >= 0.6 is 0 Å². The molecule has 9 heteroatoms. The Hall–Kier alpha value is -3.07. The second kappa shape index (κ2) is 11.8. The lowest BCUT2D eigenvalue weighted by Gasteiger charge is -2.27. The van der Waals surface area contributed by atoms with Gasteiger partial charge >= 0.3 is 12.1 Å². The Bertz CT molecular complexity index is 1070. The minimum absolute atomic E-state index is 0.0771. The predicted molar refractivity (Wildman–Crippen MR) is 129 cm³/mol. The Kier molecular flexibility index (Phi) is 9.00. The van der Waals surface area contributed by atoms with Gasteiger partial charge in [0.05, 0.1) is 11.3 Å². The van der Waals surface area contributed by atoms with Crippen molar-refractivity contribution in [3.05, 3.63) is 72.5 Å². The average Bonchev–Trinajstić information content (AvgIpc) is 3.49. The molecule has 36 heavy (non-hydrogen) atoms. The van der Waals surface area contributed by atoms with Gasteiger partial charge in [0.25, 0.3) is 0 Å². The molecule has 1 aromatic heterocycles. The molecule has 0 radical (unpaired) electrons. The molecule has 3 atom stereocenters. The second-order valence-electron chi connectivity index (χ2n) is 9.34. The lowest BCUT2D eigenvalue weighted by molar-refractivity contribution is -0.200. The SMILES string of the molecule is C=CCC(/C=C\C(C)(CC)C(F)(F)F)c1nc(COc2cccc(CN3CCC[C@@H]3C(=O)O)c2)co1. The van der Waals surface area contributed by atoms with E-state index in [4.69, 9.17) is 9.15 Å². The largest absolute Gasteiger partial charge is 0.487 e. The molecule has 3 rings (SSSR count). The fraction of sp³-hybridized carbons (Fsp3) is 0.481. The molecular weight excluding hydrogens is 473 g/mol. The fourth-order valence-corrected chi connectivity index (χ4v) is 4.16. The van der Waals surface area contributed by atoms with Gasteiger partial charge in [-0.15, -0.1) is 6.58 Å². The predicted octanol–water partition coefficient (Wildman–Crippen LogP) is 6.50. The summed E-state index contributed by atoms with van der Waals surface area (Å²) >= 11 is 0. The van der Waals surface area contributed by atoms with Gasteiger partial charge in [0.15, 0.2) is 0 Å². The summed E-state index contributed by atoms with van der Waals surface area (Å²) in [4.78, 5) is 17.8. The van der Waals surface area contributed by atoms with E-state index in [1.807, 2.05) is 23.1 Å². The van der Waals surface area contributed by atoms with Gasteiger partial charge in [0, 0.05) is 6.54 Å². The smallest absolute Gasteiger partial charge is 0.397 e. The molecule has 0 saturated carbocycles. The standard InChI is InChI=1S/C27H33F3N2O4/c1-4-8-20(12-13-26(3,5-2)27(28,29)30)24-31-21(18-36-24)17-35-22-10-6-9-19(15-22)16-32-14-7-11-23(32)25(33)34/h4,6,9-10,12-13,15,18,20,23H,1,5,7-8,11,14,16-17H2,2-3H3,(H,33,34)/b13-12-/t20?,23-,26?/m1/s1. The zero-order valence-corrected chi connectivity index (χ0v) is 20.6. The second-order valence-corrected chi connectivity index (χ2v) is 9.34. The Morgan fingerprint density at radius 3 is 2.86 bits per heavy atom. The number of aromatic nitrogens is 1. The van der Waals surface area contributed by atoms with Crippen molar-refractivity contribution in [3.8, 4) is 5.75 Å². The van der Waals surface area contributed by atoms with Crippen molar-refractivity contribution < 1.29 is 32.2 Å². The van der Waals surface area contributed by atoms with Gasteiger partial charge in [-0.3, -0.25) is 9.69 Å². The van der Waals surface area contributed by atoms with Crippen molar-refractivity contribution in [2.45, 2.75) is 70.8 Å². The summed E-state index contributed by atoms with van der Waals surface area (Å²) in [5.41, 5.74) is -0.478. The normalized spacial score (nSPS) is 19.3. The van der Waals surface area contributed by atoms with E-state index >= 15 is 0 Å². The third kappa shape index (κ3) is 6.78. The van der Waals surface area contributed by atoms with Crippen molar-refractivity contribution in [1.29, 1.82) is 0 Å². The number of rotatable bonds is 12. The highest BCUT2D eigenvalue weighted by Gasteiger charge is 2.47. The zero-order valence-electron chi connectivity index (χ0n) is 20.6. The molecular formula is C27H33F3N2O4. The lowest BCUT2D eigenvalue weighted by atomic mass is 9.85. The Balaban J connectivity index is 1.64. The fourth-order valence-electron chi connectivity index (χ4n) is 4.16. The first kappa shape index (κ1) is 27.5. The number of hydrogen-bond donors (Lipinski definition) is 1. The molecule has 1 N–H and O–H groups in total. The van der Waals surface area contributed by atoms with Crippen LogP contribution in [0.1, 0.15) is 62.6 Å². The van der Waals surface area contributed by atoms with Crippen LogP contribution in [0.2, 0.25) is 0 Å². The summed E-state index contributed by atoms with van der Waals surface area (Å²) in [6, 6.07) is 6.97. The van der Waals surface area contributed by atoms with E-state index in [1.54, 1.807) is 12.1 Å². The van der Waals surface area contributed by atoms with E-state index < -0.39 is 29.5 Å². The lowest BCUT2D eigenvalue weighted by Crippen LogP contribution is -2.35. The van der Waals surface area contributed by atoms with Crippen LogP contribution < -0.4 is 4.74 Å². The number of benzene rings is 1. The first-order valence-corrected chi connectivity index (χ1v) is 12.1. The number of hydrogen-bond acceptors (Lipinski definition) is 5. The van der Waals surface area contributed by atoms with Crippen molar-refractivity contribution in [3.63, 3.8) is 0 Å². The molecule has 1 aliphatic rings. The van der Waals surface area contributed by atoms with Crippen LogP contribution in [0.5, 0.6) is 5.75 Å². The number of carbonyl (C=O) groups is 1. The Morgan fingerprint density at radius 1 is 1.42 bits per heavy atom. The molecule has 6 nitrogen and oxygen atoms in total. The van der Waals surface area contributed by atoms with E-state index in [0.29, 0.717) is 36.7 Å². The quantitative estimate of drug-likeness (QED) is 0.331. The maximum atomic E-state index is 13.4. The number of halogens is 3. The Labute approximate surface area is 209 Å². The van der Waals surface area contributed by atoms with Gasteiger partial charge < -0.3 is 14.3 Å². The average molecular weight is 507 g/mol. The molecule has 2 heterocycles. The first-order valence-electron chi connectivity index (χ1n) is 12.1. The summed E-state index contributed by atoms with van der Waals surface area (Å²) in [5, 5.41) is 9.38. The van der Waals surface area contributed by atoms with Gasteiger partial charge in [0.1, 0.15) is 30.4 Å². The van der Waals surface area contributed by atoms with E-state index in [0.717, 1.165) is 18.5 Å². The summed E-state index contributed by atoms with van der Waals surface area (Å²) < 4.78 is 51.8. The summed E-state index contributed by atoms with van der Waals surface area (Å²) in [6.07, 6.45) is 3.18. The van der Waals surface area contributed by atoms with Crippen LogP contribution in [0.15, 0.2) is 59.8 Å². The first-order chi connectivity index (χ1) is 17.1. The van der Waals surface area contributed by atoms with Crippen LogP contribution in [0, 0.1) is 5.41 Å². The maximum absolute atomic E-state index is 13.4. The highest BCUT2D eigenvalue weighted by atomic mass is 19.4. The monoisotopic (exact) mass is 506 g/mol. The number of likely N-dealkylation sites (tertiary alicyclic amines) is 1.